The summed E-state index contributed by atoms with van der Waals surface area (Å²) < 4.78 is 5.75. The minimum atomic E-state index is -0.166. The van der Waals surface area contributed by atoms with Gasteiger partial charge < -0.3 is 9.73 Å². The number of aryl methyl sites for hydroxylation is 1. The topological polar surface area (TPSA) is 68.0 Å². The van der Waals surface area contributed by atoms with Crippen LogP contribution >= 0.6 is 23.1 Å². The summed E-state index contributed by atoms with van der Waals surface area (Å²) in [4.78, 5) is 21.4. The number of oxazole rings is 1. The van der Waals surface area contributed by atoms with Gasteiger partial charge in [-0.2, -0.15) is 0 Å². The van der Waals surface area contributed by atoms with Crippen molar-refractivity contribution in [3.63, 3.8) is 0 Å². The van der Waals surface area contributed by atoms with Crippen molar-refractivity contribution >= 4 is 40.1 Å². The molecule has 1 N–H and O–H groups in total. The molecule has 0 bridgehead atoms. The molecule has 1 unspecified atom stereocenters. The Labute approximate surface area is 171 Å². The molecule has 142 valence electrons. The number of carbonyl (C=O) groups excluding carboxylic acids is 1. The molecule has 4 aromatic rings. The number of hydrogen-bond donors (Lipinski definition) is 1. The SMILES string of the molecule is Cc1ccc2oc(SCc3nc(C(=O)NC(C)c4ccccc4)cs3)nc2c1. The minimum absolute atomic E-state index is 0.0727. The highest BCUT2D eigenvalue weighted by molar-refractivity contribution is 7.98. The summed E-state index contributed by atoms with van der Waals surface area (Å²) in [5, 5.41) is 6.25. The van der Waals surface area contributed by atoms with E-state index in [2.05, 4.69) is 15.3 Å². The maximum absolute atomic E-state index is 12.5. The molecule has 0 radical (unpaired) electrons. The van der Waals surface area contributed by atoms with Gasteiger partial charge in [0, 0.05) is 5.38 Å². The van der Waals surface area contributed by atoms with Gasteiger partial charge in [0.25, 0.3) is 11.1 Å². The van der Waals surface area contributed by atoms with Gasteiger partial charge >= 0.3 is 0 Å². The maximum atomic E-state index is 12.5. The van der Waals surface area contributed by atoms with Crippen LogP contribution in [0.2, 0.25) is 0 Å². The van der Waals surface area contributed by atoms with Crippen LogP contribution in [0.4, 0.5) is 0 Å². The first-order valence-electron chi connectivity index (χ1n) is 8.89. The predicted molar refractivity (Wildman–Crippen MR) is 113 cm³/mol. The van der Waals surface area contributed by atoms with Gasteiger partial charge in [-0.1, -0.05) is 48.2 Å². The summed E-state index contributed by atoms with van der Waals surface area (Å²) in [6.07, 6.45) is 0. The van der Waals surface area contributed by atoms with Crippen molar-refractivity contribution in [2.75, 3.05) is 0 Å². The zero-order valence-electron chi connectivity index (χ0n) is 15.5. The Bertz CT molecular complexity index is 1110. The lowest BCUT2D eigenvalue weighted by molar-refractivity contribution is 0.0935. The van der Waals surface area contributed by atoms with Gasteiger partial charge in [0.2, 0.25) is 0 Å². The van der Waals surface area contributed by atoms with E-state index in [-0.39, 0.29) is 11.9 Å². The number of hydrogen-bond acceptors (Lipinski definition) is 6. The van der Waals surface area contributed by atoms with Crippen LogP contribution in [0.1, 0.15) is 39.6 Å². The average molecular weight is 410 g/mol. The van der Waals surface area contributed by atoms with Crippen LogP contribution < -0.4 is 5.32 Å². The van der Waals surface area contributed by atoms with E-state index in [4.69, 9.17) is 4.42 Å². The van der Waals surface area contributed by atoms with Crippen molar-refractivity contribution < 1.29 is 9.21 Å². The summed E-state index contributed by atoms with van der Waals surface area (Å²) in [6.45, 7) is 3.99. The van der Waals surface area contributed by atoms with Crippen LogP contribution in [-0.4, -0.2) is 15.9 Å². The van der Waals surface area contributed by atoms with Crippen molar-refractivity contribution in [1.82, 2.24) is 15.3 Å². The maximum Gasteiger partial charge on any atom is 0.271 e. The molecule has 1 atom stereocenters. The first-order chi connectivity index (χ1) is 13.6. The van der Waals surface area contributed by atoms with Gasteiger partial charge in [-0.25, -0.2) is 9.97 Å². The number of aromatic nitrogens is 2. The van der Waals surface area contributed by atoms with Gasteiger partial charge in [0.15, 0.2) is 5.58 Å². The third-order valence-corrected chi connectivity index (χ3v) is 6.15. The summed E-state index contributed by atoms with van der Waals surface area (Å²) >= 11 is 2.95. The molecule has 0 saturated carbocycles. The predicted octanol–water partition coefficient (Wildman–Crippen LogP) is 5.38. The average Bonchev–Trinajstić information content (AvgIpc) is 3.33. The number of nitrogens with zero attached hydrogens (tertiary/aromatic N) is 2. The number of nitrogens with one attached hydrogen (secondary N) is 1. The van der Waals surface area contributed by atoms with E-state index in [0.29, 0.717) is 16.7 Å². The van der Waals surface area contributed by atoms with Crippen molar-refractivity contribution in [2.45, 2.75) is 30.9 Å². The molecule has 0 aliphatic rings. The summed E-state index contributed by atoms with van der Waals surface area (Å²) in [5.41, 5.74) is 4.29. The van der Waals surface area contributed by atoms with Gasteiger partial charge in [-0.3, -0.25) is 4.79 Å². The van der Waals surface area contributed by atoms with Crippen LogP contribution in [0, 0.1) is 6.92 Å². The number of benzene rings is 2. The Morgan fingerprint density at radius 3 is 2.86 bits per heavy atom. The fourth-order valence-electron chi connectivity index (χ4n) is 2.78. The molecule has 2 heterocycles. The van der Waals surface area contributed by atoms with Crippen LogP contribution in [0.15, 0.2) is 63.6 Å². The molecule has 0 aliphatic carbocycles. The molecule has 7 heteroatoms. The molecule has 0 aliphatic heterocycles. The summed E-state index contributed by atoms with van der Waals surface area (Å²) in [6, 6.07) is 15.7. The van der Waals surface area contributed by atoms with Crippen LogP contribution in [0.3, 0.4) is 0 Å². The molecule has 2 aromatic carbocycles. The van der Waals surface area contributed by atoms with Crippen LogP contribution in [0.5, 0.6) is 0 Å². The second-order valence-corrected chi connectivity index (χ2v) is 8.34. The largest absolute Gasteiger partial charge is 0.431 e. The molecule has 0 spiro atoms. The monoisotopic (exact) mass is 409 g/mol. The number of carbonyl (C=O) groups is 1. The lowest BCUT2D eigenvalue weighted by Gasteiger charge is -2.13. The van der Waals surface area contributed by atoms with E-state index in [1.54, 1.807) is 5.38 Å². The van der Waals surface area contributed by atoms with E-state index >= 15 is 0 Å². The lowest BCUT2D eigenvalue weighted by Crippen LogP contribution is -2.26. The number of thiazole rings is 1. The molecule has 28 heavy (non-hydrogen) atoms. The Morgan fingerprint density at radius 1 is 1.21 bits per heavy atom. The van der Waals surface area contributed by atoms with E-state index in [1.165, 1.54) is 23.1 Å². The molecule has 2 aromatic heterocycles. The van der Waals surface area contributed by atoms with Crippen molar-refractivity contribution in [2.24, 2.45) is 0 Å². The highest BCUT2D eigenvalue weighted by Crippen LogP contribution is 2.28. The molecular formula is C21H19N3O2S2. The fourth-order valence-corrected chi connectivity index (χ4v) is 4.41. The van der Waals surface area contributed by atoms with Crippen LogP contribution in [-0.2, 0) is 5.75 Å². The number of thioether (sulfide) groups is 1. The molecule has 1 amide bonds. The molecule has 5 nitrogen and oxygen atoms in total. The van der Waals surface area contributed by atoms with E-state index in [9.17, 15) is 4.79 Å². The first kappa shape index (κ1) is 18.7. The smallest absolute Gasteiger partial charge is 0.271 e. The van der Waals surface area contributed by atoms with Crippen LogP contribution in [0.25, 0.3) is 11.1 Å². The highest BCUT2D eigenvalue weighted by Gasteiger charge is 2.15. The Morgan fingerprint density at radius 2 is 2.04 bits per heavy atom. The fraction of sp³-hybridized carbons (Fsp3) is 0.190. The third-order valence-electron chi connectivity index (χ3n) is 4.27. The van der Waals surface area contributed by atoms with Crippen molar-refractivity contribution in [1.29, 1.82) is 0 Å². The molecule has 0 fully saturated rings. The Balaban J connectivity index is 1.37. The molecule has 4 rings (SSSR count). The molecule has 0 saturated heterocycles. The standard InChI is InChI=1S/C21H19N3O2S2/c1-13-8-9-18-16(10-13)24-21(26-18)28-12-19-23-17(11-27-19)20(25)22-14(2)15-6-4-3-5-7-15/h3-11,14H,12H2,1-2H3,(H,22,25). The zero-order chi connectivity index (χ0) is 19.5. The third kappa shape index (κ3) is 4.26. The number of fused-ring (bicyclic) bond motifs is 1. The first-order valence-corrected chi connectivity index (χ1v) is 10.8. The Hall–Kier alpha value is -2.64. The van der Waals surface area contributed by atoms with Crippen molar-refractivity contribution in [3.05, 3.63) is 75.7 Å². The zero-order valence-corrected chi connectivity index (χ0v) is 17.1. The van der Waals surface area contributed by atoms with E-state index in [0.717, 1.165) is 27.2 Å². The highest BCUT2D eigenvalue weighted by atomic mass is 32.2. The van der Waals surface area contributed by atoms with Gasteiger partial charge in [-0.05, 0) is 37.1 Å². The summed E-state index contributed by atoms with van der Waals surface area (Å²) in [7, 11) is 0. The molecular weight excluding hydrogens is 390 g/mol. The second kappa shape index (κ2) is 8.16. The van der Waals surface area contributed by atoms with Gasteiger partial charge in [0.05, 0.1) is 11.8 Å². The normalized spacial score (nSPS) is 12.2. The number of amides is 1. The lowest BCUT2D eigenvalue weighted by atomic mass is 10.1. The summed E-state index contributed by atoms with van der Waals surface area (Å²) in [5.74, 6) is 0.444. The second-order valence-electron chi connectivity index (χ2n) is 6.47. The van der Waals surface area contributed by atoms with Gasteiger partial charge in [-0.15, -0.1) is 11.3 Å². The van der Waals surface area contributed by atoms with Crippen molar-refractivity contribution in [3.8, 4) is 0 Å². The number of rotatable bonds is 6. The van der Waals surface area contributed by atoms with Gasteiger partial charge in [0.1, 0.15) is 16.2 Å². The quantitative estimate of drug-likeness (QED) is 0.433. The minimum Gasteiger partial charge on any atom is -0.431 e. The van der Waals surface area contributed by atoms with E-state index in [1.807, 2.05) is 62.4 Å². The van der Waals surface area contributed by atoms with E-state index < -0.39 is 0 Å². The Kier molecular flexibility index (Phi) is 5.45.